The number of halogens is 6. The molecule has 0 amide bonds. The van der Waals surface area contributed by atoms with Crippen molar-refractivity contribution in [2.75, 3.05) is 26.4 Å². The lowest BCUT2D eigenvalue weighted by Crippen LogP contribution is -2.45. The van der Waals surface area contributed by atoms with Crippen LogP contribution in [0, 0.1) is 5.41 Å². The zero-order valence-corrected chi connectivity index (χ0v) is 24.5. The quantitative estimate of drug-likeness (QED) is 0.224. The second-order valence-corrected chi connectivity index (χ2v) is 11.1. The number of fused-ring (bicyclic) bond motifs is 1. The van der Waals surface area contributed by atoms with Crippen molar-refractivity contribution < 1.29 is 83.9 Å². The Balaban J connectivity index is 1.84. The molecule has 1 aliphatic rings. The number of aromatic carboxylic acids is 1. The number of hydrogen-bond donors (Lipinski definition) is 1. The average molecular weight is 678 g/mol. The molecular formula is C29H24F6O12. The van der Waals surface area contributed by atoms with Gasteiger partial charge in [-0.1, -0.05) is 26.0 Å². The van der Waals surface area contributed by atoms with Crippen LogP contribution in [0.1, 0.15) is 62.2 Å². The number of ether oxygens (including phenoxy) is 5. The Morgan fingerprint density at radius 1 is 0.787 bits per heavy atom. The fraction of sp³-hybridized carbons (Fsp3) is 0.379. The van der Waals surface area contributed by atoms with Crippen molar-refractivity contribution in [3.05, 3.63) is 58.7 Å². The summed E-state index contributed by atoms with van der Waals surface area (Å²) in [5.74, 6) is -10.1. The number of carboxylic acids is 1. The Morgan fingerprint density at radius 3 is 1.94 bits per heavy atom. The summed E-state index contributed by atoms with van der Waals surface area (Å²) in [6.45, 7) is 0.469. The van der Waals surface area contributed by atoms with Gasteiger partial charge in [-0.25, -0.2) is 28.8 Å². The average Bonchev–Trinajstić information content (AvgIpc) is 2.98. The fourth-order valence-corrected chi connectivity index (χ4v) is 3.85. The molecule has 0 aromatic heterocycles. The Labute approximate surface area is 260 Å². The molecule has 1 atom stereocenters. The van der Waals surface area contributed by atoms with Crippen LogP contribution in [0.15, 0.2) is 36.4 Å². The van der Waals surface area contributed by atoms with Crippen molar-refractivity contribution in [2.45, 2.75) is 38.7 Å². The SMILES string of the molecule is CC(C)(COC(=O)c1ccc(-c2ccc3c(c2)C(=O)OC(C)(COC(=O)C(F)(F)F)COC3=O)cc1C(=O)O)COC(=O)C(F)(F)F. The third-order valence-corrected chi connectivity index (χ3v) is 6.27. The molecule has 1 aliphatic heterocycles. The predicted octanol–water partition coefficient (Wildman–Crippen LogP) is 4.53. The molecule has 254 valence electrons. The van der Waals surface area contributed by atoms with Gasteiger partial charge in [-0.3, -0.25) is 0 Å². The van der Waals surface area contributed by atoms with Crippen LogP contribution in [-0.4, -0.2) is 85.3 Å². The van der Waals surface area contributed by atoms with Crippen molar-refractivity contribution >= 4 is 35.8 Å². The molecule has 12 nitrogen and oxygen atoms in total. The summed E-state index contributed by atoms with van der Waals surface area (Å²) in [4.78, 5) is 72.5. The maximum absolute atomic E-state index is 13.0. The van der Waals surface area contributed by atoms with E-state index in [4.69, 9.17) is 14.2 Å². The molecule has 47 heavy (non-hydrogen) atoms. The zero-order chi connectivity index (χ0) is 35.5. The van der Waals surface area contributed by atoms with Crippen molar-refractivity contribution in [2.24, 2.45) is 5.41 Å². The first-order chi connectivity index (χ1) is 21.5. The Bertz CT molecular complexity index is 1610. The Kier molecular flexibility index (Phi) is 10.3. The smallest absolute Gasteiger partial charge is 0.478 e. The molecule has 0 aliphatic carbocycles. The number of carbonyl (C=O) groups excluding carboxylic acids is 5. The monoisotopic (exact) mass is 678 g/mol. The number of rotatable bonds is 9. The van der Waals surface area contributed by atoms with Crippen molar-refractivity contribution in [3.63, 3.8) is 0 Å². The maximum atomic E-state index is 13.0. The Morgan fingerprint density at radius 2 is 1.34 bits per heavy atom. The van der Waals surface area contributed by atoms with Crippen molar-refractivity contribution in [3.8, 4) is 11.1 Å². The standard InChI is InChI=1S/C29H24F6O12/c1-26(2,11-45-24(41)28(30,31)32)10-43-21(38)16-6-4-14(8-18(16)20(36)37)15-5-7-17-19(9-15)23(40)47-27(3,12-44-22(17)39)13-46-25(42)29(33,34)35/h4-9H,10-13H2,1-3H3,(H,36,37). The molecule has 0 radical (unpaired) electrons. The van der Waals surface area contributed by atoms with E-state index in [2.05, 4.69) is 9.47 Å². The molecule has 0 saturated carbocycles. The van der Waals surface area contributed by atoms with E-state index >= 15 is 0 Å². The molecule has 1 unspecified atom stereocenters. The number of carbonyl (C=O) groups is 6. The number of hydrogen-bond acceptors (Lipinski definition) is 11. The first kappa shape index (κ1) is 36.3. The van der Waals surface area contributed by atoms with Gasteiger partial charge in [0, 0.05) is 5.41 Å². The topological polar surface area (TPSA) is 169 Å². The van der Waals surface area contributed by atoms with Gasteiger partial charge >= 0.3 is 48.2 Å². The largest absolute Gasteiger partial charge is 0.490 e. The van der Waals surface area contributed by atoms with E-state index in [-0.39, 0.29) is 16.7 Å². The van der Waals surface area contributed by atoms with Gasteiger partial charge in [-0.05, 0) is 42.3 Å². The number of esters is 5. The van der Waals surface area contributed by atoms with Crippen LogP contribution in [0.2, 0.25) is 0 Å². The minimum absolute atomic E-state index is 0.0891. The van der Waals surface area contributed by atoms with Gasteiger partial charge in [-0.2, -0.15) is 26.3 Å². The summed E-state index contributed by atoms with van der Waals surface area (Å²) in [6, 6.07) is 6.83. The van der Waals surface area contributed by atoms with E-state index < -0.39 is 102 Å². The van der Waals surface area contributed by atoms with Crippen LogP contribution < -0.4 is 0 Å². The van der Waals surface area contributed by atoms with E-state index in [0.29, 0.717) is 0 Å². The molecule has 2 aromatic rings. The lowest BCUT2D eigenvalue weighted by atomic mass is 9.95. The lowest BCUT2D eigenvalue weighted by Gasteiger charge is -2.30. The minimum atomic E-state index is -5.34. The normalized spacial score (nSPS) is 16.9. The van der Waals surface area contributed by atoms with Gasteiger partial charge in [0.25, 0.3) is 0 Å². The third-order valence-electron chi connectivity index (χ3n) is 6.27. The van der Waals surface area contributed by atoms with Crippen LogP contribution in [0.5, 0.6) is 0 Å². The van der Waals surface area contributed by atoms with Gasteiger partial charge in [0.15, 0.2) is 5.60 Å². The zero-order valence-electron chi connectivity index (χ0n) is 24.5. The van der Waals surface area contributed by atoms with Crippen LogP contribution in [0.3, 0.4) is 0 Å². The van der Waals surface area contributed by atoms with Crippen molar-refractivity contribution in [1.82, 2.24) is 0 Å². The predicted molar refractivity (Wildman–Crippen MR) is 141 cm³/mol. The number of carboxylic acid groups (broad SMARTS) is 1. The molecule has 0 fully saturated rings. The minimum Gasteiger partial charge on any atom is -0.478 e. The van der Waals surface area contributed by atoms with Crippen LogP contribution in [0.25, 0.3) is 11.1 Å². The van der Waals surface area contributed by atoms with Gasteiger partial charge < -0.3 is 28.8 Å². The Hall–Kier alpha value is -5.16. The van der Waals surface area contributed by atoms with E-state index in [1.54, 1.807) is 0 Å². The summed E-state index contributed by atoms with van der Waals surface area (Å²) in [5.41, 5.74) is -4.93. The molecule has 1 N–H and O–H groups in total. The number of cyclic esters (lactones) is 2. The molecule has 0 bridgehead atoms. The molecular weight excluding hydrogens is 654 g/mol. The highest BCUT2D eigenvalue weighted by molar-refractivity contribution is 6.06. The maximum Gasteiger partial charge on any atom is 0.490 e. The van der Waals surface area contributed by atoms with E-state index in [1.165, 1.54) is 26.0 Å². The van der Waals surface area contributed by atoms with E-state index in [9.17, 15) is 60.2 Å². The highest BCUT2D eigenvalue weighted by Gasteiger charge is 2.44. The molecule has 0 saturated heterocycles. The van der Waals surface area contributed by atoms with Crippen LogP contribution in [-0.2, 0) is 33.3 Å². The second-order valence-electron chi connectivity index (χ2n) is 11.1. The summed E-state index contributed by atoms with van der Waals surface area (Å²) in [6.07, 6.45) is -10.6. The number of benzene rings is 2. The highest BCUT2D eigenvalue weighted by Crippen LogP contribution is 2.30. The molecule has 1 heterocycles. The third kappa shape index (κ3) is 9.20. The van der Waals surface area contributed by atoms with E-state index in [0.717, 1.165) is 31.2 Å². The number of alkyl halides is 6. The fourth-order valence-electron chi connectivity index (χ4n) is 3.85. The van der Waals surface area contributed by atoms with Gasteiger partial charge in [0.2, 0.25) is 0 Å². The van der Waals surface area contributed by atoms with Crippen molar-refractivity contribution in [1.29, 1.82) is 0 Å². The molecule has 0 spiro atoms. The second kappa shape index (κ2) is 13.3. The highest BCUT2D eigenvalue weighted by atomic mass is 19.4. The molecule has 18 heteroatoms. The summed E-state index contributed by atoms with van der Waals surface area (Å²) in [5, 5.41) is 9.76. The first-order valence-electron chi connectivity index (χ1n) is 13.1. The summed E-state index contributed by atoms with van der Waals surface area (Å²) < 4.78 is 98.5. The van der Waals surface area contributed by atoms with Gasteiger partial charge in [-0.15, -0.1) is 0 Å². The van der Waals surface area contributed by atoms with Gasteiger partial charge in [0.1, 0.15) is 13.2 Å². The summed E-state index contributed by atoms with van der Waals surface area (Å²) >= 11 is 0. The van der Waals surface area contributed by atoms with E-state index in [1.807, 2.05) is 0 Å². The summed E-state index contributed by atoms with van der Waals surface area (Å²) in [7, 11) is 0. The van der Waals surface area contributed by atoms with Crippen LogP contribution in [0.4, 0.5) is 26.3 Å². The van der Waals surface area contributed by atoms with Gasteiger partial charge in [0.05, 0.1) is 35.5 Å². The first-order valence-corrected chi connectivity index (χ1v) is 13.1. The lowest BCUT2D eigenvalue weighted by molar-refractivity contribution is -0.205. The van der Waals surface area contributed by atoms with Crippen LogP contribution >= 0.6 is 0 Å². The molecule has 2 aromatic carbocycles. The molecule has 3 rings (SSSR count).